The SMILES string of the molecule is CC(C)(C)OC(=O)NC(Cc1cccnc1OCC(F)(F)F)C(=O)O. The van der Waals surface area contributed by atoms with Gasteiger partial charge in [-0.15, -0.1) is 0 Å². The molecule has 1 amide bonds. The first kappa shape index (κ1) is 20.5. The predicted octanol–water partition coefficient (Wildman–Crippen LogP) is 2.54. The molecule has 0 saturated carbocycles. The second kappa shape index (κ2) is 8.04. The van der Waals surface area contributed by atoms with Crippen molar-refractivity contribution in [1.82, 2.24) is 10.3 Å². The Bertz CT molecular complexity index is 614. The Morgan fingerprint density at radius 2 is 1.96 bits per heavy atom. The summed E-state index contributed by atoms with van der Waals surface area (Å²) in [5, 5.41) is 11.4. The quantitative estimate of drug-likeness (QED) is 0.805. The van der Waals surface area contributed by atoms with E-state index in [9.17, 15) is 27.9 Å². The predicted molar refractivity (Wildman–Crippen MR) is 80.3 cm³/mol. The number of carbonyl (C=O) groups is 2. The number of aliphatic carboxylic acids is 1. The molecule has 7 nitrogen and oxygen atoms in total. The number of carboxylic acids is 1. The van der Waals surface area contributed by atoms with Gasteiger partial charge in [0.2, 0.25) is 5.88 Å². The monoisotopic (exact) mass is 364 g/mol. The topological polar surface area (TPSA) is 97.8 Å². The van der Waals surface area contributed by atoms with Gasteiger partial charge in [-0.1, -0.05) is 6.07 Å². The second-order valence-corrected chi connectivity index (χ2v) is 6.11. The molecule has 140 valence electrons. The average molecular weight is 364 g/mol. The number of ether oxygens (including phenoxy) is 2. The number of halogens is 3. The average Bonchev–Trinajstić information content (AvgIpc) is 2.42. The van der Waals surface area contributed by atoms with Gasteiger partial charge >= 0.3 is 18.2 Å². The number of hydrogen-bond acceptors (Lipinski definition) is 5. The lowest BCUT2D eigenvalue weighted by atomic mass is 10.1. The van der Waals surface area contributed by atoms with Gasteiger partial charge in [-0.3, -0.25) is 0 Å². The number of amides is 1. The van der Waals surface area contributed by atoms with Gasteiger partial charge in [0.15, 0.2) is 6.61 Å². The Kier molecular flexibility index (Phi) is 6.60. The fourth-order valence-electron chi connectivity index (χ4n) is 1.73. The highest BCUT2D eigenvalue weighted by molar-refractivity contribution is 5.80. The lowest BCUT2D eigenvalue weighted by Crippen LogP contribution is -2.44. The second-order valence-electron chi connectivity index (χ2n) is 6.11. The van der Waals surface area contributed by atoms with Gasteiger partial charge in [0, 0.05) is 18.2 Å². The number of rotatable bonds is 6. The van der Waals surface area contributed by atoms with E-state index in [0.717, 1.165) is 0 Å². The molecule has 0 bridgehead atoms. The fraction of sp³-hybridized carbons (Fsp3) is 0.533. The van der Waals surface area contributed by atoms with E-state index in [0.29, 0.717) is 0 Å². The maximum atomic E-state index is 12.3. The fourth-order valence-corrected chi connectivity index (χ4v) is 1.73. The Morgan fingerprint density at radius 3 is 2.48 bits per heavy atom. The first-order chi connectivity index (χ1) is 11.4. The van der Waals surface area contributed by atoms with E-state index in [1.807, 2.05) is 0 Å². The number of nitrogens with zero attached hydrogens (tertiary/aromatic N) is 1. The van der Waals surface area contributed by atoms with E-state index < -0.39 is 36.5 Å². The van der Waals surface area contributed by atoms with Crippen LogP contribution < -0.4 is 10.1 Å². The summed E-state index contributed by atoms with van der Waals surface area (Å²) >= 11 is 0. The molecule has 0 aliphatic rings. The van der Waals surface area contributed by atoms with Crippen molar-refractivity contribution in [1.29, 1.82) is 0 Å². The van der Waals surface area contributed by atoms with Crippen molar-refractivity contribution >= 4 is 12.1 Å². The molecule has 1 aromatic rings. The molecule has 0 spiro atoms. The van der Waals surface area contributed by atoms with E-state index >= 15 is 0 Å². The van der Waals surface area contributed by atoms with Crippen LogP contribution in [0.1, 0.15) is 26.3 Å². The molecule has 25 heavy (non-hydrogen) atoms. The Labute approximate surface area is 142 Å². The first-order valence-electron chi connectivity index (χ1n) is 7.23. The molecule has 0 aromatic carbocycles. The maximum absolute atomic E-state index is 12.3. The molecule has 1 aromatic heterocycles. The zero-order valence-corrected chi connectivity index (χ0v) is 13.9. The molecule has 1 rings (SSSR count). The molecular formula is C15H19F3N2O5. The van der Waals surface area contributed by atoms with Crippen LogP contribution in [0.15, 0.2) is 18.3 Å². The molecule has 0 saturated heterocycles. The summed E-state index contributed by atoms with van der Waals surface area (Å²) < 4.78 is 46.4. The van der Waals surface area contributed by atoms with Gasteiger partial charge in [0.1, 0.15) is 11.6 Å². The molecular weight excluding hydrogens is 345 g/mol. The van der Waals surface area contributed by atoms with Crippen molar-refractivity contribution in [3.8, 4) is 5.88 Å². The number of carbonyl (C=O) groups excluding carboxylic acids is 1. The smallest absolute Gasteiger partial charge is 0.422 e. The van der Waals surface area contributed by atoms with Gasteiger partial charge < -0.3 is 19.9 Å². The number of carboxylic acid groups (broad SMARTS) is 1. The van der Waals surface area contributed by atoms with Crippen LogP contribution in [0, 0.1) is 0 Å². The number of pyridine rings is 1. The van der Waals surface area contributed by atoms with E-state index in [4.69, 9.17) is 4.74 Å². The van der Waals surface area contributed by atoms with Crippen LogP contribution in [0.5, 0.6) is 5.88 Å². The minimum absolute atomic E-state index is 0.107. The van der Waals surface area contributed by atoms with Gasteiger partial charge in [-0.25, -0.2) is 14.6 Å². The Balaban J connectivity index is 2.85. The van der Waals surface area contributed by atoms with Gasteiger partial charge in [0.05, 0.1) is 0 Å². The highest BCUT2D eigenvalue weighted by Crippen LogP contribution is 2.21. The summed E-state index contributed by atoms with van der Waals surface area (Å²) in [7, 11) is 0. The number of hydrogen-bond donors (Lipinski definition) is 2. The highest BCUT2D eigenvalue weighted by atomic mass is 19.4. The van der Waals surface area contributed by atoms with E-state index in [1.165, 1.54) is 18.3 Å². The zero-order valence-electron chi connectivity index (χ0n) is 13.9. The molecule has 2 N–H and O–H groups in total. The minimum atomic E-state index is -4.56. The van der Waals surface area contributed by atoms with E-state index in [-0.39, 0.29) is 17.9 Å². The molecule has 10 heteroatoms. The Morgan fingerprint density at radius 1 is 1.32 bits per heavy atom. The number of alkyl halides is 3. The first-order valence-corrected chi connectivity index (χ1v) is 7.23. The van der Waals surface area contributed by atoms with E-state index in [2.05, 4.69) is 15.0 Å². The normalized spacial score (nSPS) is 13.0. The van der Waals surface area contributed by atoms with Crippen molar-refractivity contribution < 1.29 is 37.3 Å². The van der Waals surface area contributed by atoms with Gasteiger partial charge in [0.25, 0.3) is 0 Å². The maximum Gasteiger partial charge on any atom is 0.422 e. The summed E-state index contributed by atoms with van der Waals surface area (Å²) in [4.78, 5) is 26.7. The lowest BCUT2D eigenvalue weighted by Gasteiger charge is -2.22. The van der Waals surface area contributed by atoms with E-state index in [1.54, 1.807) is 20.8 Å². The standard InChI is InChI=1S/C15H19F3N2O5/c1-14(2,3)25-13(23)20-10(12(21)22)7-9-5-4-6-19-11(9)24-8-15(16,17)18/h4-6,10H,7-8H2,1-3H3,(H,20,23)(H,21,22). The summed E-state index contributed by atoms with van der Waals surface area (Å²) in [5.41, 5.74) is -0.724. The van der Waals surface area contributed by atoms with Crippen LogP contribution in [0.2, 0.25) is 0 Å². The summed E-state index contributed by atoms with van der Waals surface area (Å²) in [6.45, 7) is 3.25. The van der Waals surface area contributed by atoms with Crippen LogP contribution in [0.3, 0.4) is 0 Å². The minimum Gasteiger partial charge on any atom is -0.480 e. The number of nitrogens with one attached hydrogen (secondary N) is 1. The molecule has 0 aliphatic heterocycles. The molecule has 0 radical (unpaired) electrons. The van der Waals surface area contributed by atoms with Crippen molar-refractivity contribution in [3.63, 3.8) is 0 Å². The largest absolute Gasteiger partial charge is 0.480 e. The van der Waals surface area contributed by atoms with Crippen molar-refractivity contribution in [2.45, 2.75) is 45.0 Å². The third-order valence-corrected chi connectivity index (χ3v) is 2.64. The summed E-state index contributed by atoms with van der Waals surface area (Å²) in [6.07, 6.45) is -4.63. The summed E-state index contributed by atoms with van der Waals surface area (Å²) in [6, 6.07) is 1.36. The third kappa shape index (κ3) is 8.23. The van der Waals surface area contributed by atoms with Crippen LogP contribution >= 0.6 is 0 Å². The van der Waals surface area contributed by atoms with Crippen molar-refractivity contribution in [2.24, 2.45) is 0 Å². The van der Waals surface area contributed by atoms with Crippen molar-refractivity contribution in [2.75, 3.05) is 6.61 Å². The number of alkyl carbamates (subject to hydrolysis) is 1. The van der Waals surface area contributed by atoms with Crippen LogP contribution in [-0.4, -0.2) is 46.6 Å². The molecule has 1 atom stereocenters. The van der Waals surface area contributed by atoms with Crippen LogP contribution in [-0.2, 0) is 16.0 Å². The van der Waals surface area contributed by atoms with Crippen LogP contribution in [0.4, 0.5) is 18.0 Å². The molecule has 0 aliphatic carbocycles. The molecule has 1 unspecified atom stereocenters. The lowest BCUT2D eigenvalue weighted by molar-refractivity contribution is -0.154. The molecule has 0 fully saturated rings. The summed E-state index contributed by atoms with van der Waals surface area (Å²) in [5.74, 6) is -1.73. The number of aromatic nitrogens is 1. The third-order valence-electron chi connectivity index (χ3n) is 2.64. The highest BCUT2D eigenvalue weighted by Gasteiger charge is 2.30. The van der Waals surface area contributed by atoms with Gasteiger partial charge in [-0.2, -0.15) is 13.2 Å². The Hall–Kier alpha value is -2.52. The van der Waals surface area contributed by atoms with Crippen molar-refractivity contribution in [3.05, 3.63) is 23.9 Å². The molecule has 1 heterocycles. The van der Waals surface area contributed by atoms with Crippen LogP contribution in [0.25, 0.3) is 0 Å². The zero-order chi connectivity index (χ0) is 19.3. The van der Waals surface area contributed by atoms with Gasteiger partial charge in [-0.05, 0) is 26.8 Å².